The molecule has 1 aliphatic heterocycles. The molecule has 0 aliphatic carbocycles. The van der Waals surface area contributed by atoms with Gasteiger partial charge in [-0.25, -0.2) is 4.39 Å². The lowest BCUT2D eigenvalue weighted by atomic mass is 10.1. The summed E-state index contributed by atoms with van der Waals surface area (Å²) in [5, 5.41) is 2.65. The zero-order valence-corrected chi connectivity index (χ0v) is 11.2. The average Bonchev–Trinajstić information content (AvgIpc) is 2.92. The number of halogens is 1. The van der Waals surface area contributed by atoms with E-state index in [2.05, 4.69) is 5.32 Å². The molecule has 20 heavy (non-hydrogen) atoms. The Morgan fingerprint density at radius 2 is 2.40 bits per heavy atom. The van der Waals surface area contributed by atoms with Crippen LogP contribution in [0.1, 0.15) is 12.8 Å². The number of carbonyl (C=O) groups is 1. The van der Waals surface area contributed by atoms with Crippen molar-refractivity contribution in [1.29, 1.82) is 0 Å². The number of amides is 1. The van der Waals surface area contributed by atoms with Crippen molar-refractivity contribution in [1.82, 2.24) is 0 Å². The van der Waals surface area contributed by atoms with E-state index in [-0.39, 0.29) is 18.0 Å². The summed E-state index contributed by atoms with van der Waals surface area (Å²) < 4.78 is 23.6. The Bertz CT molecular complexity index is 462. The second-order valence-corrected chi connectivity index (χ2v) is 4.84. The molecule has 0 spiro atoms. The molecule has 0 aromatic heterocycles. The molecule has 0 radical (unpaired) electrons. The molecule has 1 aromatic rings. The second kappa shape index (κ2) is 7.21. The van der Waals surface area contributed by atoms with Crippen molar-refractivity contribution in [3.63, 3.8) is 0 Å². The molecule has 1 saturated heterocycles. The number of benzene rings is 1. The van der Waals surface area contributed by atoms with Gasteiger partial charge in [-0.05, 0) is 24.6 Å². The smallest absolute Gasteiger partial charge is 0.226 e. The maximum Gasteiger partial charge on any atom is 0.226 e. The molecule has 0 bridgehead atoms. The highest BCUT2D eigenvalue weighted by Crippen LogP contribution is 2.16. The molecule has 1 amide bonds. The molecule has 1 aliphatic rings. The van der Waals surface area contributed by atoms with E-state index in [9.17, 15) is 9.18 Å². The van der Waals surface area contributed by atoms with Crippen LogP contribution in [0.3, 0.4) is 0 Å². The predicted molar refractivity (Wildman–Crippen MR) is 73.8 cm³/mol. The first kappa shape index (κ1) is 14.7. The first-order chi connectivity index (χ1) is 9.65. The molecule has 6 heteroatoms. The van der Waals surface area contributed by atoms with Gasteiger partial charge < -0.3 is 20.5 Å². The summed E-state index contributed by atoms with van der Waals surface area (Å²) >= 11 is 0. The molecule has 3 N–H and O–H groups in total. The van der Waals surface area contributed by atoms with Crippen LogP contribution in [0.15, 0.2) is 18.2 Å². The van der Waals surface area contributed by atoms with Crippen LogP contribution in [-0.2, 0) is 14.3 Å². The van der Waals surface area contributed by atoms with E-state index in [0.717, 1.165) is 19.6 Å². The van der Waals surface area contributed by atoms with Crippen LogP contribution in [0.2, 0.25) is 0 Å². The van der Waals surface area contributed by atoms with Gasteiger partial charge in [0.1, 0.15) is 5.82 Å². The molecular formula is C14H19FN2O3. The molecule has 5 nitrogen and oxygen atoms in total. The molecule has 1 fully saturated rings. The molecule has 0 saturated carbocycles. The number of rotatable bonds is 6. The Balaban J connectivity index is 1.65. The first-order valence-electron chi connectivity index (χ1n) is 6.65. The summed E-state index contributed by atoms with van der Waals surface area (Å²) in [5.74, 6) is -0.237. The van der Waals surface area contributed by atoms with Gasteiger partial charge in [0, 0.05) is 18.2 Å². The lowest BCUT2D eigenvalue weighted by Crippen LogP contribution is -2.16. The summed E-state index contributed by atoms with van der Waals surface area (Å²) in [6, 6.07) is 4.09. The maximum atomic E-state index is 13.0. The van der Waals surface area contributed by atoms with Crippen molar-refractivity contribution in [2.24, 2.45) is 5.92 Å². The number of ether oxygens (including phenoxy) is 2. The number of nitrogen functional groups attached to an aromatic ring is 1. The van der Waals surface area contributed by atoms with Crippen molar-refractivity contribution in [2.45, 2.75) is 12.8 Å². The summed E-state index contributed by atoms with van der Waals surface area (Å²) in [6.45, 7) is 2.51. The van der Waals surface area contributed by atoms with E-state index in [1.807, 2.05) is 0 Å². The fraction of sp³-hybridized carbons (Fsp3) is 0.500. The van der Waals surface area contributed by atoms with Crippen LogP contribution in [-0.4, -0.2) is 32.3 Å². The number of carbonyl (C=O) groups excluding carboxylic acids is 1. The van der Waals surface area contributed by atoms with E-state index < -0.39 is 5.82 Å². The molecule has 1 atom stereocenters. The number of anilines is 2. The van der Waals surface area contributed by atoms with Crippen LogP contribution in [0.25, 0.3) is 0 Å². The first-order valence-corrected chi connectivity index (χ1v) is 6.65. The Kier molecular flexibility index (Phi) is 5.31. The third-order valence-corrected chi connectivity index (χ3v) is 3.13. The summed E-state index contributed by atoms with van der Waals surface area (Å²) in [7, 11) is 0. The molecule has 1 heterocycles. The minimum Gasteiger partial charge on any atom is -0.396 e. The Hall–Kier alpha value is -1.66. The van der Waals surface area contributed by atoms with Crippen LogP contribution in [0.5, 0.6) is 0 Å². The third-order valence-electron chi connectivity index (χ3n) is 3.13. The quantitative estimate of drug-likeness (QED) is 0.616. The van der Waals surface area contributed by atoms with Gasteiger partial charge in [0.2, 0.25) is 5.91 Å². The molecule has 2 rings (SSSR count). The highest BCUT2D eigenvalue weighted by Gasteiger charge is 2.15. The van der Waals surface area contributed by atoms with Gasteiger partial charge in [-0.15, -0.1) is 0 Å². The van der Waals surface area contributed by atoms with Crippen LogP contribution in [0.4, 0.5) is 15.8 Å². The van der Waals surface area contributed by atoms with Gasteiger partial charge in [-0.2, -0.15) is 0 Å². The van der Waals surface area contributed by atoms with Crippen LogP contribution >= 0.6 is 0 Å². The van der Waals surface area contributed by atoms with Gasteiger partial charge in [0.25, 0.3) is 0 Å². The lowest BCUT2D eigenvalue weighted by molar-refractivity contribution is -0.117. The lowest BCUT2D eigenvalue weighted by Gasteiger charge is -2.09. The number of nitrogens with two attached hydrogens (primary N) is 1. The van der Waals surface area contributed by atoms with Crippen molar-refractivity contribution in [3.8, 4) is 0 Å². The van der Waals surface area contributed by atoms with Crippen LogP contribution in [0, 0.1) is 11.7 Å². The fourth-order valence-electron chi connectivity index (χ4n) is 1.97. The van der Waals surface area contributed by atoms with E-state index in [4.69, 9.17) is 15.2 Å². The van der Waals surface area contributed by atoms with Crippen molar-refractivity contribution >= 4 is 17.3 Å². The standard InChI is InChI=1S/C14H19FN2O3/c15-12-2-1-11(7-13(12)16)17-14(18)4-6-20-9-10-3-5-19-8-10/h1-2,7,10H,3-6,8-9,16H2,(H,17,18). The summed E-state index contributed by atoms with van der Waals surface area (Å²) in [5.41, 5.74) is 5.92. The maximum absolute atomic E-state index is 13.0. The number of nitrogens with one attached hydrogen (secondary N) is 1. The predicted octanol–water partition coefficient (Wildman–Crippen LogP) is 1.79. The monoisotopic (exact) mass is 282 g/mol. The zero-order valence-electron chi connectivity index (χ0n) is 11.2. The zero-order chi connectivity index (χ0) is 14.4. The Labute approximate surface area is 117 Å². The third kappa shape index (κ3) is 4.47. The number of hydrogen-bond donors (Lipinski definition) is 2. The molecular weight excluding hydrogens is 263 g/mol. The minimum atomic E-state index is -0.495. The van der Waals surface area contributed by atoms with Crippen molar-refractivity contribution < 1.29 is 18.7 Å². The average molecular weight is 282 g/mol. The van der Waals surface area contributed by atoms with Crippen LogP contribution < -0.4 is 11.1 Å². The topological polar surface area (TPSA) is 73.6 Å². The molecule has 110 valence electrons. The fourth-order valence-corrected chi connectivity index (χ4v) is 1.97. The van der Waals surface area contributed by atoms with Gasteiger partial charge in [0.15, 0.2) is 0 Å². The SMILES string of the molecule is Nc1cc(NC(=O)CCOCC2CCOC2)ccc1F. The van der Waals surface area contributed by atoms with Crippen molar-refractivity contribution in [2.75, 3.05) is 37.5 Å². The largest absolute Gasteiger partial charge is 0.396 e. The Morgan fingerprint density at radius 3 is 3.10 bits per heavy atom. The highest BCUT2D eigenvalue weighted by atomic mass is 19.1. The van der Waals surface area contributed by atoms with E-state index in [1.54, 1.807) is 0 Å². The summed E-state index contributed by atoms with van der Waals surface area (Å²) in [4.78, 5) is 11.7. The molecule has 1 unspecified atom stereocenters. The van der Waals surface area contributed by atoms with Gasteiger partial charge in [0.05, 0.1) is 31.9 Å². The van der Waals surface area contributed by atoms with Crippen molar-refractivity contribution in [3.05, 3.63) is 24.0 Å². The number of hydrogen-bond acceptors (Lipinski definition) is 4. The van der Waals surface area contributed by atoms with E-state index >= 15 is 0 Å². The minimum absolute atomic E-state index is 0.0142. The second-order valence-electron chi connectivity index (χ2n) is 4.84. The molecule has 1 aromatic carbocycles. The highest BCUT2D eigenvalue weighted by molar-refractivity contribution is 5.91. The van der Waals surface area contributed by atoms with Gasteiger partial charge in [-0.3, -0.25) is 4.79 Å². The van der Waals surface area contributed by atoms with Gasteiger partial charge >= 0.3 is 0 Å². The van der Waals surface area contributed by atoms with E-state index in [1.165, 1.54) is 18.2 Å². The normalized spacial score (nSPS) is 18.1. The summed E-state index contributed by atoms with van der Waals surface area (Å²) in [6.07, 6.45) is 1.27. The van der Waals surface area contributed by atoms with Gasteiger partial charge in [-0.1, -0.05) is 0 Å². The Morgan fingerprint density at radius 1 is 1.55 bits per heavy atom. The van der Waals surface area contributed by atoms with E-state index in [0.29, 0.717) is 24.8 Å².